The van der Waals surface area contributed by atoms with Crippen molar-refractivity contribution in [2.24, 2.45) is 0 Å². The summed E-state index contributed by atoms with van der Waals surface area (Å²) in [5, 5.41) is 2.77. The van der Waals surface area contributed by atoms with Crippen LogP contribution in [0.15, 0.2) is 24.5 Å². The summed E-state index contributed by atoms with van der Waals surface area (Å²) < 4.78 is 11.5. The van der Waals surface area contributed by atoms with Crippen molar-refractivity contribution in [3.05, 3.63) is 40.9 Å². The van der Waals surface area contributed by atoms with E-state index in [2.05, 4.69) is 20.3 Å². The standard InChI is InChI=1S/C21H26ClN5O4/c1-12-18(30-7-6-27(12)20(29)31-21(2,3)4)13-8-15(26-17(22)9-13)14-10-16(19(28)23-5)25-11-24-14/h8-12,18H,6-7H2,1-5H3,(H,23,28)/t12-,18+/m1/s1. The topological polar surface area (TPSA) is 107 Å². The van der Waals surface area contributed by atoms with Gasteiger partial charge in [-0.1, -0.05) is 11.6 Å². The number of nitrogens with one attached hydrogen (secondary N) is 1. The van der Waals surface area contributed by atoms with Gasteiger partial charge in [-0.2, -0.15) is 0 Å². The van der Waals surface area contributed by atoms with Crippen molar-refractivity contribution in [1.82, 2.24) is 25.2 Å². The summed E-state index contributed by atoms with van der Waals surface area (Å²) in [4.78, 5) is 38.7. The molecule has 0 aromatic carbocycles. The second-order valence-corrected chi connectivity index (χ2v) is 8.57. The van der Waals surface area contributed by atoms with Gasteiger partial charge in [-0.25, -0.2) is 19.7 Å². The summed E-state index contributed by atoms with van der Waals surface area (Å²) in [7, 11) is 1.53. The highest BCUT2D eigenvalue weighted by molar-refractivity contribution is 6.29. The SMILES string of the molecule is CNC(=O)c1cc(-c2cc([C@H]3OCCN(C(=O)OC(C)(C)C)[C@@H]3C)cc(Cl)n2)ncn1. The van der Waals surface area contributed by atoms with Crippen molar-refractivity contribution in [3.63, 3.8) is 0 Å². The largest absolute Gasteiger partial charge is 0.444 e. The van der Waals surface area contributed by atoms with Gasteiger partial charge in [0, 0.05) is 13.6 Å². The zero-order valence-electron chi connectivity index (χ0n) is 18.2. The summed E-state index contributed by atoms with van der Waals surface area (Å²) in [6, 6.07) is 4.74. The average molecular weight is 448 g/mol. The lowest BCUT2D eigenvalue weighted by Crippen LogP contribution is -2.50. The lowest BCUT2D eigenvalue weighted by molar-refractivity contribution is -0.0723. The quantitative estimate of drug-likeness (QED) is 0.719. The highest BCUT2D eigenvalue weighted by Gasteiger charge is 2.35. The van der Waals surface area contributed by atoms with E-state index in [1.165, 1.54) is 13.4 Å². The number of hydrogen-bond acceptors (Lipinski definition) is 7. The molecule has 2 atom stereocenters. The van der Waals surface area contributed by atoms with Gasteiger partial charge in [0.05, 0.1) is 24.0 Å². The molecule has 2 aromatic heterocycles. The number of carbonyl (C=O) groups is 2. The van der Waals surface area contributed by atoms with Gasteiger partial charge in [0.15, 0.2) is 0 Å². The number of amides is 2. The van der Waals surface area contributed by atoms with Crippen LogP contribution in [-0.4, -0.2) is 63.7 Å². The predicted octanol–water partition coefficient (Wildman–Crippen LogP) is 3.25. The molecule has 1 aliphatic heterocycles. The maximum Gasteiger partial charge on any atom is 0.410 e. The molecule has 2 amide bonds. The fourth-order valence-electron chi connectivity index (χ4n) is 3.30. The van der Waals surface area contributed by atoms with Crippen molar-refractivity contribution in [3.8, 4) is 11.4 Å². The molecule has 9 nitrogen and oxygen atoms in total. The van der Waals surface area contributed by atoms with Gasteiger partial charge in [-0.3, -0.25) is 4.79 Å². The van der Waals surface area contributed by atoms with Gasteiger partial charge in [0.1, 0.15) is 28.9 Å². The third-order valence-electron chi connectivity index (χ3n) is 4.72. The van der Waals surface area contributed by atoms with E-state index in [-0.39, 0.29) is 28.9 Å². The molecule has 0 saturated carbocycles. The second-order valence-electron chi connectivity index (χ2n) is 8.18. The van der Waals surface area contributed by atoms with Gasteiger partial charge < -0.3 is 19.7 Å². The van der Waals surface area contributed by atoms with Gasteiger partial charge in [0.2, 0.25) is 0 Å². The Kier molecular flexibility index (Phi) is 6.76. The Morgan fingerprint density at radius 1 is 1.23 bits per heavy atom. The Morgan fingerprint density at radius 2 is 1.97 bits per heavy atom. The number of morpholine rings is 1. The van der Waals surface area contributed by atoms with E-state index in [0.717, 1.165) is 5.56 Å². The number of aromatic nitrogens is 3. The predicted molar refractivity (Wildman–Crippen MR) is 115 cm³/mol. The molecule has 2 aromatic rings. The fourth-order valence-corrected chi connectivity index (χ4v) is 3.52. The Labute approximate surface area is 186 Å². The summed E-state index contributed by atoms with van der Waals surface area (Å²) in [6.45, 7) is 8.18. The second kappa shape index (κ2) is 9.15. The first-order valence-corrected chi connectivity index (χ1v) is 10.3. The third kappa shape index (κ3) is 5.48. The summed E-state index contributed by atoms with van der Waals surface area (Å²) in [6.07, 6.45) is 0.479. The molecular weight excluding hydrogens is 422 g/mol. The van der Waals surface area contributed by atoms with Crippen LogP contribution in [0.2, 0.25) is 5.15 Å². The fraction of sp³-hybridized carbons (Fsp3) is 0.476. The molecule has 1 N–H and O–H groups in total. The highest BCUT2D eigenvalue weighted by atomic mass is 35.5. The number of rotatable bonds is 3. The highest BCUT2D eigenvalue weighted by Crippen LogP contribution is 2.32. The number of nitrogens with zero attached hydrogens (tertiary/aromatic N) is 4. The van der Waals surface area contributed by atoms with Gasteiger partial charge in [0.25, 0.3) is 5.91 Å². The smallest absolute Gasteiger partial charge is 0.410 e. The minimum Gasteiger partial charge on any atom is -0.444 e. The summed E-state index contributed by atoms with van der Waals surface area (Å²) >= 11 is 6.29. The average Bonchev–Trinajstić information content (AvgIpc) is 2.71. The molecular formula is C21H26ClN5O4. The Bertz CT molecular complexity index is 978. The molecule has 166 valence electrons. The maximum absolute atomic E-state index is 12.6. The number of pyridine rings is 1. The molecule has 0 unspecified atom stereocenters. The zero-order valence-corrected chi connectivity index (χ0v) is 18.9. The van der Waals surface area contributed by atoms with Crippen LogP contribution in [0.3, 0.4) is 0 Å². The van der Waals surface area contributed by atoms with Crippen molar-refractivity contribution in [2.75, 3.05) is 20.2 Å². The van der Waals surface area contributed by atoms with E-state index in [9.17, 15) is 9.59 Å². The van der Waals surface area contributed by atoms with Gasteiger partial charge >= 0.3 is 6.09 Å². The maximum atomic E-state index is 12.6. The minimum atomic E-state index is -0.590. The Morgan fingerprint density at radius 3 is 2.65 bits per heavy atom. The van der Waals surface area contributed by atoms with Crippen LogP contribution in [0, 0.1) is 0 Å². The first-order chi connectivity index (χ1) is 14.6. The van der Waals surface area contributed by atoms with Crippen LogP contribution in [-0.2, 0) is 9.47 Å². The van der Waals surface area contributed by atoms with Crippen LogP contribution in [0.1, 0.15) is 49.9 Å². The third-order valence-corrected chi connectivity index (χ3v) is 4.92. The Hall–Kier alpha value is -2.78. The van der Waals surface area contributed by atoms with E-state index in [1.807, 2.05) is 27.7 Å². The number of carbonyl (C=O) groups excluding carboxylic acids is 2. The van der Waals surface area contributed by atoms with Crippen LogP contribution in [0.4, 0.5) is 4.79 Å². The normalized spacial score (nSPS) is 19.1. The molecule has 0 radical (unpaired) electrons. The molecule has 1 fully saturated rings. The van der Waals surface area contributed by atoms with Crippen LogP contribution in [0.25, 0.3) is 11.4 Å². The number of ether oxygens (including phenoxy) is 2. The molecule has 3 rings (SSSR count). The van der Waals surface area contributed by atoms with E-state index >= 15 is 0 Å². The van der Waals surface area contributed by atoms with Crippen LogP contribution >= 0.6 is 11.6 Å². The Balaban J connectivity index is 1.91. The number of halogens is 1. The van der Waals surface area contributed by atoms with Gasteiger partial charge in [-0.05, 0) is 51.5 Å². The van der Waals surface area contributed by atoms with E-state index in [1.54, 1.807) is 23.1 Å². The lowest BCUT2D eigenvalue weighted by Gasteiger charge is -2.40. The molecule has 1 saturated heterocycles. The van der Waals surface area contributed by atoms with Crippen LogP contribution in [0.5, 0.6) is 0 Å². The summed E-state index contributed by atoms with van der Waals surface area (Å²) in [5.41, 5.74) is 1.29. The molecule has 0 bridgehead atoms. The molecule has 10 heteroatoms. The van der Waals surface area contributed by atoms with Gasteiger partial charge in [-0.15, -0.1) is 0 Å². The molecule has 1 aliphatic rings. The summed E-state index contributed by atoms with van der Waals surface area (Å²) in [5.74, 6) is -0.330. The minimum absolute atomic E-state index is 0.217. The molecule has 31 heavy (non-hydrogen) atoms. The van der Waals surface area contributed by atoms with E-state index < -0.39 is 11.7 Å². The monoisotopic (exact) mass is 447 g/mol. The zero-order chi connectivity index (χ0) is 22.8. The van der Waals surface area contributed by atoms with Crippen LogP contribution < -0.4 is 5.32 Å². The first-order valence-electron chi connectivity index (χ1n) is 9.92. The van der Waals surface area contributed by atoms with Crippen molar-refractivity contribution in [1.29, 1.82) is 0 Å². The van der Waals surface area contributed by atoms with Crippen molar-refractivity contribution >= 4 is 23.6 Å². The number of hydrogen-bond donors (Lipinski definition) is 1. The van der Waals surface area contributed by atoms with Crippen molar-refractivity contribution < 1.29 is 19.1 Å². The molecule has 3 heterocycles. The lowest BCUT2D eigenvalue weighted by atomic mass is 10.0. The first kappa shape index (κ1) is 22.9. The van der Waals surface area contributed by atoms with E-state index in [4.69, 9.17) is 21.1 Å². The van der Waals surface area contributed by atoms with Crippen molar-refractivity contribution in [2.45, 2.75) is 45.4 Å². The van der Waals surface area contributed by atoms with E-state index in [0.29, 0.717) is 24.5 Å². The molecule has 0 aliphatic carbocycles. The molecule has 0 spiro atoms.